The minimum absolute atomic E-state index is 0.0161. The Hall–Kier alpha value is -3.96. The second-order valence-electron chi connectivity index (χ2n) is 6.50. The van der Waals surface area contributed by atoms with Crippen LogP contribution in [0.15, 0.2) is 36.8 Å². The lowest BCUT2D eigenvalue weighted by atomic mass is 10.1. The Morgan fingerprint density at radius 1 is 1.30 bits per heavy atom. The molecule has 30 heavy (non-hydrogen) atoms. The molecule has 1 aliphatic rings. The van der Waals surface area contributed by atoms with Crippen LogP contribution >= 0.6 is 0 Å². The number of nitrogens with zero attached hydrogens (tertiary/aromatic N) is 6. The number of benzene rings is 1. The molecule has 12 heteroatoms. The quantitative estimate of drug-likeness (QED) is 0.671. The average Bonchev–Trinajstić information content (AvgIpc) is 3.36. The van der Waals surface area contributed by atoms with E-state index in [1.807, 2.05) is 0 Å². The normalized spacial score (nSPS) is 15.9. The number of anilines is 1. The number of hydrogen-bond acceptors (Lipinski definition) is 7. The van der Waals surface area contributed by atoms with Crippen LogP contribution in [0.5, 0.6) is 0 Å². The molecule has 1 atom stereocenters. The van der Waals surface area contributed by atoms with Crippen molar-refractivity contribution in [2.45, 2.75) is 13.0 Å². The number of aromatic nitrogens is 5. The third-order valence-electron chi connectivity index (χ3n) is 4.41. The van der Waals surface area contributed by atoms with Crippen LogP contribution in [0.1, 0.15) is 6.92 Å². The molecular formula is C18H15F2N7O3. The number of pyridine rings is 1. The fraction of sp³-hybridized carbons (Fsp3) is 0.222. The van der Waals surface area contributed by atoms with E-state index in [0.717, 1.165) is 17.0 Å². The van der Waals surface area contributed by atoms with E-state index in [1.165, 1.54) is 36.3 Å². The molecule has 3 heterocycles. The van der Waals surface area contributed by atoms with Gasteiger partial charge in [0.15, 0.2) is 5.82 Å². The lowest BCUT2D eigenvalue weighted by molar-refractivity contribution is -0.119. The van der Waals surface area contributed by atoms with Crippen molar-refractivity contribution < 1.29 is 23.1 Å². The maximum atomic E-state index is 14.8. The summed E-state index contributed by atoms with van der Waals surface area (Å²) in [6.45, 7) is 1.50. The molecule has 0 radical (unpaired) electrons. The summed E-state index contributed by atoms with van der Waals surface area (Å²) in [4.78, 5) is 28.3. The van der Waals surface area contributed by atoms with Crippen LogP contribution in [0.3, 0.4) is 0 Å². The van der Waals surface area contributed by atoms with E-state index in [2.05, 4.69) is 25.8 Å². The molecule has 2 aromatic heterocycles. The van der Waals surface area contributed by atoms with Gasteiger partial charge < -0.3 is 10.1 Å². The number of cyclic esters (lactones) is 1. The van der Waals surface area contributed by atoms with Crippen LogP contribution in [0.4, 0.5) is 19.3 Å². The molecule has 3 aromatic rings. The summed E-state index contributed by atoms with van der Waals surface area (Å²) in [5.41, 5.74) is -0.0554. The number of halogens is 2. The third-order valence-corrected chi connectivity index (χ3v) is 4.41. The first kappa shape index (κ1) is 19.4. The lowest BCUT2D eigenvalue weighted by Gasteiger charge is -2.15. The van der Waals surface area contributed by atoms with Gasteiger partial charge in [-0.3, -0.25) is 9.69 Å². The van der Waals surface area contributed by atoms with Crippen LogP contribution in [-0.4, -0.2) is 56.4 Å². The Bertz CT molecular complexity index is 1070. The van der Waals surface area contributed by atoms with E-state index in [0.29, 0.717) is 5.82 Å². The van der Waals surface area contributed by atoms with E-state index < -0.39 is 23.8 Å². The van der Waals surface area contributed by atoms with Gasteiger partial charge >= 0.3 is 6.09 Å². The van der Waals surface area contributed by atoms with Crippen LogP contribution in [0, 0.1) is 11.6 Å². The van der Waals surface area contributed by atoms with E-state index in [9.17, 15) is 18.4 Å². The Labute approximate surface area is 168 Å². The summed E-state index contributed by atoms with van der Waals surface area (Å²) in [5.74, 6) is -1.61. The number of tetrazole rings is 1. The molecular weight excluding hydrogens is 400 g/mol. The maximum absolute atomic E-state index is 14.8. The standard InChI is InChI=1S/C18H15F2N7O3/c1-10(28)21-7-13-8-26(18(29)30-13)12-4-14(19)17(15(20)5-12)11-2-3-16(22-6-11)27-9-23-24-25-27/h2-6,9,13H,7-8H2,1H3,(H,21,28). The second kappa shape index (κ2) is 7.81. The van der Waals surface area contributed by atoms with Crippen LogP contribution < -0.4 is 10.2 Å². The van der Waals surface area contributed by atoms with Crippen LogP contribution in [0.2, 0.25) is 0 Å². The number of nitrogens with one attached hydrogen (secondary N) is 1. The van der Waals surface area contributed by atoms with Gasteiger partial charge in [0, 0.05) is 18.7 Å². The fourth-order valence-corrected chi connectivity index (χ4v) is 3.02. The number of ether oxygens (including phenoxy) is 1. The summed E-state index contributed by atoms with van der Waals surface area (Å²) < 4.78 is 35.9. The minimum Gasteiger partial charge on any atom is -0.442 e. The van der Waals surface area contributed by atoms with Crippen molar-refractivity contribution in [2.24, 2.45) is 0 Å². The first-order valence-corrected chi connectivity index (χ1v) is 8.84. The Morgan fingerprint density at radius 2 is 2.07 bits per heavy atom. The van der Waals surface area contributed by atoms with Crippen LogP contribution in [-0.2, 0) is 9.53 Å². The monoisotopic (exact) mass is 415 g/mol. The molecule has 1 aliphatic heterocycles. The molecule has 0 aliphatic carbocycles. The fourth-order valence-electron chi connectivity index (χ4n) is 3.02. The molecule has 10 nitrogen and oxygen atoms in total. The highest BCUT2D eigenvalue weighted by Gasteiger charge is 2.33. The molecule has 0 bridgehead atoms. The van der Waals surface area contributed by atoms with Crippen molar-refractivity contribution in [3.63, 3.8) is 0 Å². The number of carbonyl (C=O) groups is 2. The van der Waals surface area contributed by atoms with Gasteiger partial charge in [-0.05, 0) is 34.7 Å². The zero-order valence-electron chi connectivity index (χ0n) is 15.6. The van der Waals surface area contributed by atoms with Gasteiger partial charge in [-0.25, -0.2) is 18.6 Å². The molecule has 1 saturated heterocycles. The predicted molar refractivity (Wildman–Crippen MR) is 98.6 cm³/mol. The summed E-state index contributed by atoms with van der Waals surface area (Å²) in [6, 6.07) is 5.10. The number of rotatable bonds is 5. The molecule has 0 saturated carbocycles. The Balaban J connectivity index is 1.57. The Kier molecular flexibility index (Phi) is 5.04. The van der Waals surface area contributed by atoms with Gasteiger partial charge in [0.05, 0.1) is 24.3 Å². The van der Waals surface area contributed by atoms with Gasteiger partial charge in [-0.1, -0.05) is 0 Å². The molecule has 2 amide bonds. The highest BCUT2D eigenvalue weighted by molar-refractivity contribution is 5.90. The smallest absolute Gasteiger partial charge is 0.414 e. The van der Waals surface area contributed by atoms with Crippen molar-refractivity contribution in [1.82, 2.24) is 30.5 Å². The molecule has 1 unspecified atom stereocenters. The average molecular weight is 415 g/mol. The van der Waals surface area contributed by atoms with Crippen molar-refractivity contribution in [1.29, 1.82) is 0 Å². The van der Waals surface area contributed by atoms with Gasteiger partial charge in [-0.15, -0.1) is 5.10 Å². The van der Waals surface area contributed by atoms with E-state index >= 15 is 0 Å². The first-order chi connectivity index (χ1) is 14.4. The maximum Gasteiger partial charge on any atom is 0.414 e. The summed E-state index contributed by atoms with van der Waals surface area (Å²) in [7, 11) is 0. The summed E-state index contributed by atoms with van der Waals surface area (Å²) in [5, 5.41) is 13.2. The summed E-state index contributed by atoms with van der Waals surface area (Å²) in [6.07, 6.45) is 1.28. The molecule has 1 fully saturated rings. The van der Waals surface area contributed by atoms with Crippen molar-refractivity contribution >= 4 is 17.7 Å². The zero-order valence-corrected chi connectivity index (χ0v) is 15.6. The van der Waals surface area contributed by atoms with E-state index in [1.54, 1.807) is 0 Å². The van der Waals surface area contributed by atoms with Crippen molar-refractivity contribution in [2.75, 3.05) is 18.0 Å². The van der Waals surface area contributed by atoms with Gasteiger partial charge in [0.1, 0.15) is 24.1 Å². The predicted octanol–water partition coefficient (Wildman–Crippen LogP) is 1.46. The van der Waals surface area contributed by atoms with E-state index in [4.69, 9.17) is 4.74 Å². The highest BCUT2D eigenvalue weighted by Crippen LogP contribution is 2.31. The lowest BCUT2D eigenvalue weighted by Crippen LogP contribution is -2.33. The minimum atomic E-state index is -0.861. The third kappa shape index (κ3) is 3.79. The zero-order chi connectivity index (χ0) is 21.3. The largest absolute Gasteiger partial charge is 0.442 e. The SMILES string of the molecule is CC(=O)NCC1CN(c2cc(F)c(-c3ccc(-n4cnnn4)nc3)c(F)c2)C(=O)O1. The van der Waals surface area contributed by atoms with Crippen molar-refractivity contribution in [3.05, 3.63) is 48.4 Å². The van der Waals surface area contributed by atoms with E-state index in [-0.39, 0.29) is 35.8 Å². The second-order valence-corrected chi connectivity index (χ2v) is 6.50. The topological polar surface area (TPSA) is 115 Å². The molecule has 154 valence electrons. The number of carbonyl (C=O) groups excluding carboxylic acids is 2. The van der Waals surface area contributed by atoms with Gasteiger partial charge in [0.25, 0.3) is 0 Å². The number of hydrogen-bond donors (Lipinski definition) is 1. The summed E-state index contributed by atoms with van der Waals surface area (Å²) >= 11 is 0. The first-order valence-electron chi connectivity index (χ1n) is 8.84. The van der Waals surface area contributed by atoms with Crippen LogP contribution in [0.25, 0.3) is 16.9 Å². The van der Waals surface area contributed by atoms with Gasteiger partial charge in [-0.2, -0.15) is 4.68 Å². The molecule has 4 rings (SSSR count). The molecule has 1 N–H and O–H groups in total. The highest BCUT2D eigenvalue weighted by atomic mass is 19.1. The Morgan fingerprint density at radius 3 is 2.67 bits per heavy atom. The number of amides is 2. The molecule has 0 spiro atoms. The molecule has 1 aromatic carbocycles. The van der Waals surface area contributed by atoms with Crippen molar-refractivity contribution in [3.8, 4) is 16.9 Å². The van der Waals surface area contributed by atoms with Gasteiger partial charge in [0.2, 0.25) is 5.91 Å².